The minimum absolute atomic E-state index is 0.0821. The second kappa shape index (κ2) is 5.05. The average Bonchev–Trinajstić information content (AvgIpc) is 2.86. The number of aromatic nitrogens is 1. The molecule has 100 valence electrons. The molecule has 1 N–H and O–H groups in total. The Morgan fingerprint density at radius 2 is 1.70 bits per heavy atom. The van der Waals surface area contributed by atoms with Crippen LogP contribution < -0.4 is 0 Å². The lowest BCUT2D eigenvalue weighted by molar-refractivity contribution is 0.103. The number of rotatable bonds is 2. The Balaban J connectivity index is 2.21. The van der Waals surface area contributed by atoms with E-state index in [4.69, 9.17) is 0 Å². The Morgan fingerprint density at radius 1 is 1.00 bits per heavy atom. The highest BCUT2D eigenvalue weighted by Gasteiger charge is 2.18. The second-order valence-electron chi connectivity index (χ2n) is 4.97. The lowest BCUT2D eigenvalue weighted by Crippen LogP contribution is -2.04. The van der Waals surface area contributed by atoms with E-state index in [1.165, 1.54) is 0 Å². The number of ketones is 1. The van der Waals surface area contributed by atoms with E-state index in [1.54, 1.807) is 0 Å². The Bertz CT molecular complexity index is 817. The molecule has 0 bridgehead atoms. The number of nitrogens with one attached hydrogen (secondary N) is 1. The van der Waals surface area contributed by atoms with E-state index in [0.29, 0.717) is 0 Å². The van der Waals surface area contributed by atoms with Gasteiger partial charge in [0, 0.05) is 31.8 Å². The second-order valence-corrected chi connectivity index (χ2v) is 6.04. The predicted molar refractivity (Wildman–Crippen MR) is 90.4 cm³/mol. The van der Waals surface area contributed by atoms with Crippen LogP contribution in [0.15, 0.2) is 42.6 Å². The molecule has 0 unspecified atom stereocenters. The summed E-state index contributed by atoms with van der Waals surface area (Å²) in [6.45, 7) is 4.06. The van der Waals surface area contributed by atoms with Crippen molar-refractivity contribution < 1.29 is 4.79 Å². The molecule has 0 aliphatic carbocycles. The van der Waals surface area contributed by atoms with Gasteiger partial charge in [0.15, 0.2) is 5.78 Å². The predicted octanol–water partition coefficient (Wildman–Crippen LogP) is 4.62. The fourth-order valence-corrected chi connectivity index (χ4v) is 3.12. The Morgan fingerprint density at radius 3 is 2.50 bits per heavy atom. The summed E-state index contributed by atoms with van der Waals surface area (Å²) in [7, 11) is 0. The molecule has 1 heterocycles. The Hall–Kier alpha value is -1.62. The molecule has 0 aliphatic rings. The van der Waals surface area contributed by atoms with Crippen LogP contribution in [0, 0.1) is 17.4 Å². The minimum Gasteiger partial charge on any atom is -0.360 e. The number of carbonyl (C=O) groups excluding carboxylic acids is 1. The highest BCUT2D eigenvalue weighted by Crippen LogP contribution is 2.26. The van der Waals surface area contributed by atoms with Gasteiger partial charge in [-0.05, 0) is 59.7 Å². The lowest BCUT2D eigenvalue weighted by atomic mass is 9.99. The first-order valence-corrected chi connectivity index (χ1v) is 7.54. The standard InChI is InChI=1S/C17H14INO/c1-10-5-4-8-14-15(10)13(9-19-14)17(20)12-7-3-6-11(2)16(12)18/h3-9,19H,1-2H3. The van der Waals surface area contributed by atoms with Gasteiger partial charge in [-0.2, -0.15) is 0 Å². The van der Waals surface area contributed by atoms with Gasteiger partial charge in [0.25, 0.3) is 0 Å². The summed E-state index contributed by atoms with van der Waals surface area (Å²) >= 11 is 2.25. The fraction of sp³-hybridized carbons (Fsp3) is 0.118. The van der Waals surface area contributed by atoms with E-state index in [1.807, 2.05) is 56.4 Å². The van der Waals surface area contributed by atoms with E-state index in [-0.39, 0.29) is 5.78 Å². The third kappa shape index (κ3) is 2.06. The molecule has 0 spiro atoms. The van der Waals surface area contributed by atoms with Crippen LogP contribution in [0.5, 0.6) is 0 Å². The van der Waals surface area contributed by atoms with Crippen LogP contribution >= 0.6 is 22.6 Å². The number of H-pyrrole nitrogens is 1. The topological polar surface area (TPSA) is 32.9 Å². The first kappa shape index (κ1) is 13.4. The van der Waals surface area contributed by atoms with Crippen molar-refractivity contribution in [2.45, 2.75) is 13.8 Å². The zero-order valence-corrected chi connectivity index (χ0v) is 13.5. The summed E-state index contributed by atoms with van der Waals surface area (Å²) in [6.07, 6.45) is 1.82. The first-order valence-electron chi connectivity index (χ1n) is 6.46. The third-order valence-electron chi connectivity index (χ3n) is 3.60. The number of aryl methyl sites for hydroxylation is 2. The van der Waals surface area contributed by atoms with Crippen molar-refractivity contribution in [3.63, 3.8) is 0 Å². The number of halogens is 1. The van der Waals surface area contributed by atoms with Crippen molar-refractivity contribution in [1.82, 2.24) is 4.98 Å². The monoisotopic (exact) mass is 375 g/mol. The van der Waals surface area contributed by atoms with Gasteiger partial charge < -0.3 is 4.98 Å². The number of aromatic amines is 1. The van der Waals surface area contributed by atoms with Crippen LogP contribution in [-0.2, 0) is 0 Å². The number of fused-ring (bicyclic) bond motifs is 1. The summed E-state index contributed by atoms with van der Waals surface area (Å²) in [4.78, 5) is 16.0. The van der Waals surface area contributed by atoms with E-state index in [2.05, 4.69) is 27.6 Å². The summed E-state index contributed by atoms with van der Waals surface area (Å²) in [5, 5.41) is 1.02. The number of benzene rings is 2. The summed E-state index contributed by atoms with van der Waals surface area (Å²) in [5.74, 6) is 0.0821. The fourth-order valence-electron chi connectivity index (χ4n) is 2.51. The average molecular weight is 375 g/mol. The zero-order chi connectivity index (χ0) is 14.3. The van der Waals surface area contributed by atoms with Crippen molar-refractivity contribution >= 4 is 39.3 Å². The maximum atomic E-state index is 12.8. The SMILES string of the molecule is Cc1cccc(C(=O)c2c[nH]c3cccc(C)c23)c1I. The maximum Gasteiger partial charge on any atom is 0.196 e. The molecule has 3 aromatic rings. The number of hydrogen-bond acceptors (Lipinski definition) is 1. The van der Waals surface area contributed by atoms with Gasteiger partial charge in [0.05, 0.1) is 0 Å². The third-order valence-corrected chi connectivity index (χ3v) is 5.03. The van der Waals surface area contributed by atoms with E-state index < -0.39 is 0 Å². The van der Waals surface area contributed by atoms with Crippen LogP contribution in [0.3, 0.4) is 0 Å². The molecule has 3 heteroatoms. The van der Waals surface area contributed by atoms with Gasteiger partial charge >= 0.3 is 0 Å². The van der Waals surface area contributed by atoms with Gasteiger partial charge in [-0.15, -0.1) is 0 Å². The van der Waals surface area contributed by atoms with Crippen LogP contribution in [-0.4, -0.2) is 10.8 Å². The molecule has 0 amide bonds. The molecule has 1 aromatic heterocycles. The van der Waals surface area contributed by atoms with Gasteiger partial charge in [0.1, 0.15) is 0 Å². The van der Waals surface area contributed by atoms with E-state index in [9.17, 15) is 4.79 Å². The number of hydrogen-bond donors (Lipinski definition) is 1. The zero-order valence-electron chi connectivity index (χ0n) is 11.3. The highest BCUT2D eigenvalue weighted by molar-refractivity contribution is 14.1. The highest BCUT2D eigenvalue weighted by atomic mass is 127. The molecular formula is C17H14INO. The normalized spacial score (nSPS) is 10.9. The summed E-state index contributed by atoms with van der Waals surface area (Å²) in [6, 6.07) is 11.9. The molecule has 0 radical (unpaired) electrons. The molecule has 2 aromatic carbocycles. The van der Waals surface area contributed by atoms with Crippen molar-refractivity contribution in [3.05, 3.63) is 68.4 Å². The molecular weight excluding hydrogens is 361 g/mol. The molecule has 0 saturated carbocycles. The molecule has 0 atom stereocenters. The van der Waals surface area contributed by atoms with Crippen LogP contribution in [0.2, 0.25) is 0 Å². The van der Waals surface area contributed by atoms with Gasteiger partial charge in [0.2, 0.25) is 0 Å². The molecule has 0 aliphatic heterocycles. The summed E-state index contributed by atoms with van der Waals surface area (Å²) in [5.41, 5.74) is 4.79. The number of carbonyl (C=O) groups is 1. The molecule has 20 heavy (non-hydrogen) atoms. The molecule has 0 saturated heterocycles. The maximum absolute atomic E-state index is 12.8. The molecule has 2 nitrogen and oxygen atoms in total. The first-order chi connectivity index (χ1) is 9.59. The van der Waals surface area contributed by atoms with Crippen molar-refractivity contribution in [2.75, 3.05) is 0 Å². The van der Waals surface area contributed by atoms with Crippen LogP contribution in [0.4, 0.5) is 0 Å². The van der Waals surface area contributed by atoms with E-state index >= 15 is 0 Å². The molecule has 0 fully saturated rings. The van der Waals surface area contributed by atoms with Crippen molar-refractivity contribution in [1.29, 1.82) is 0 Å². The Labute approximate surface area is 131 Å². The molecule has 3 rings (SSSR count). The van der Waals surface area contributed by atoms with Crippen LogP contribution in [0.1, 0.15) is 27.0 Å². The van der Waals surface area contributed by atoms with Gasteiger partial charge in [-0.3, -0.25) is 4.79 Å². The quantitative estimate of drug-likeness (QED) is 0.515. The van der Waals surface area contributed by atoms with Crippen molar-refractivity contribution in [3.8, 4) is 0 Å². The lowest BCUT2D eigenvalue weighted by Gasteiger charge is -2.06. The van der Waals surface area contributed by atoms with Crippen molar-refractivity contribution in [2.24, 2.45) is 0 Å². The van der Waals surface area contributed by atoms with Gasteiger partial charge in [-0.1, -0.05) is 24.3 Å². The van der Waals surface area contributed by atoms with Crippen LogP contribution in [0.25, 0.3) is 10.9 Å². The minimum atomic E-state index is 0.0821. The Kier molecular flexibility index (Phi) is 3.38. The largest absolute Gasteiger partial charge is 0.360 e. The van der Waals surface area contributed by atoms with E-state index in [0.717, 1.165) is 36.7 Å². The van der Waals surface area contributed by atoms with Gasteiger partial charge in [-0.25, -0.2) is 0 Å². The smallest absolute Gasteiger partial charge is 0.196 e. The summed E-state index contributed by atoms with van der Waals surface area (Å²) < 4.78 is 1.03.